The molecule has 1 aromatic rings. The maximum atomic E-state index is 11.7. The molecule has 1 atom stereocenters. The highest BCUT2D eigenvalue weighted by atomic mass is 32.2. The quantitative estimate of drug-likeness (QED) is 0.813. The third-order valence-electron chi connectivity index (χ3n) is 3.51. The molecule has 20 heavy (non-hydrogen) atoms. The first-order valence-corrected chi connectivity index (χ1v) is 8.09. The van der Waals surface area contributed by atoms with Crippen molar-refractivity contribution in [3.63, 3.8) is 0 Å². The van der Waals surface area contributed by atoms with E-state index in [-0.39, 0.29) is 11.8 Å². The molecule has 1 unspecified atom stereocenters. The molecule has 112 valence electrons. The molecular formula is C16H25NO2S. The number of nitrogens with one attached hydrogen (secondary N) is 1. The van der Waals surface area contributed by atoms with Crippen LogP contribution in [-0.2, 0) is 10.5 Å². The van der Waals surface area contributed by atoms with Crippen LogP contribution in [-0.4, -0.2) is 28.9 Å². The van der Waals surface area contributed by atoms with Gasteiger partial charge in [0, 0.05) is 12.3 Å². The van der Waals surface area contributed by atoms with Crippen LogP contribution in [0, 0.1) is 12.8 Å². The van der Waals surface area contributed by atoms with E-state index in [1.807, 2.05) is 13.8 Å². The molecule has 0 aliphatic heterocycles. The fourth-order valence-corrected chi connectivity index (χ4v) is 2.30. The normalized spacial score (nSPS) is 14.1. The number of rotatable bonds is 7. The zero-order valence-corrected chi connectivity index (χ0v) is 13.6. The van der Waals surface area contributed by atoms with Crippen molar-refractivity contribution in [2.45, 2.75) is 39.0 Å². The van der Waals surface area contributed by atoms with Gasteiger partial charge in [-0.2, -0.15) is 0 Å². The number of thioether (sulfide) groups is 1. The lowest BCUT2D eigenvalue weighted by Gasteiger charge is -2.27. The fourth-order valence-electron chi connectivity index (χ4n) is 1.48. The van der Waals surface area contributed by atoms with E-state index in [1.165, 1.54) is 11.1 Å². The summed E-state index contributed by atoms with van der Waals surface area (Å²) in [6.45, 7) is 7.99. The third kappa shape index (κ3) is 5.97. The predicted molar refractivity (Wildman–Crippen MR) is 85.8 cm³/mol. The van der Waals surface area contributed by atoms with E-state index < -0.39 is 5.60 Å². The number of carbonyl (C=O) groups is 1. The van der Waals surface area contributed by atoms with Crippen molar-refractivity contribution < 1.29 is 9.90 Å². The minimum Gasteiger partial charge on any atom is -0.388 e. The van der Waals surface area contributed by atoms with E-state index >= 15 is 0 Å². The average molecular weight is 295 g/mol. The predicted octanol–water partition coefficient (Wildman–Crippen LogP) is 2.75. The molecule has 1 rings (SSSR count). The molecule has 0 fully saturated rings. The summed E-state index contributed by atoms with van der Waals surface area (Å²) in [5, 5.41) is 12.8. The Bertz CT molecular complexity index is 427. The molecule has 0 aliphatic carbocycles. The summed E-state index contributed by atoms with van der Waals surface area (Å²) in [7, 11) is 0. The minimum absolute atomic E-state index is 0.0250. The molecule has 0 radical (unpaired) electrons. The second-order valence-electron chi connectivity index (χ2n) is 5.77. The topological polar surface area (TPSA) is 49.3 Å². The SMILES string of the molecule is Cc1ccc(CSCC(=O)NCC(C)(O)C(C)C)cc1. The van der Waals surface area contributed by atoms with E-state index in [9.17, 15) is 9.90 Å². The van der Waals surface area contributed by atoms with Gasteiger partial charge in [-0.15, -0.1) is 11.8 Å². The van der Waals surface area contributed by atoms with Gasteiger partial charge >= 0.3 is 0 Å². The number of aryl methyl sites for hydroxylation is 1. The van der Waals surface area contributed by atoms with Crippen LogP contribution < -0.4 is 5.32 Å². The van der Waals surface area contributed by atoms with Crippen molar-refractivity contribution in [1.29, 1.82) is 0 Å². The van der Waals surface area contributed by atoms with Crippen molar-refractivity contribution in [3.8, 4) is 0 Å². The summed E-state index contributed by atoms with van der Waals surface area (Å²) in [5.74, 6) is 1.34. The Morgan fingerprint density at radius 3 is 2.50 bits per heavy atom. The summed E-state index contributed by atoms with van der Waals surface area (Å²) in [6, 6.07) is 8.33. The van der Waals surface area contributed by atoms with Crippen LogP contribution in [0.4, 0.5) is 0 Å². The maximum absolute atomic E-state index is 11.7. The fraction of sp³-hybridized carbons (Fsp3) is 0.562. The van der Waals surface area contributed by atoms with Gasteiger partial charge in [0.2, 0.25) is 5.91 Å². The van der Waals surface area contributed by atoms with E-state index in [0.717, 1.165) is 5.75 Å². The van der Waals surface area contributed by atoms with Gasteiger partial charge in [0.05, 0.1) is 11.4 Å². The summed E-state index contributed by atoms with van der Waals surface area (Å²) in [4.78, 5) is 11.7. The molecule has 2 N–H and O–H groups in total. The lowest BCUT2D eigenvalue weighted by Crippen LogP contribution is -2.44. The molecule has 0 saturated carbocycles. The Balaban J connectivity index is 2.25. The molecule has 0 heterocycles. The zero-order valence-electron chi connectivity index (χ0n) is 12.8. The van der Waals surface area contributed by atoms with Crippen molar-refractivity contribution in [1.82, 2.24) is 5.32 Å². The smallest absolute Gasteiger partial charge is 0.230 e. The first kappa shape index (κ1) is 17.1. The van der Waals surface area contributed by atoms with Gasteiger partial charge < -0.3 is 10.4 Å². The molecule has 0 saturated heterocycles. The Hall–Kier alpha value is -1.00. The Kier molecular flexibility index (Phi) is 6.56. The first-order chi connectivity index (χ1) is 9.31. The summed E-state index contributed by atoms with van der Waals surface area (Å²) >= 11 is 1.59. The molecule has 0 aliphatic rings. The number of amides is 1. The molecule has 1 amide bonds. The van der Waals surface area contributed by atoms with E-state index in [1.54, 1.807) is 18.7 Å². The van der Waals surface area contributed by atoms with Gasteiger partial charge in [0.15, 0.2) is 0 Å². The van der Waals surface area contributed by atoms with Crippen LogP contribution in [0.25, 0.3) is 0 Å². The van der Waals surface area contributed by atoms with Crippen molar-refractivity contribution in [2.75, 3.05) is 12.3 Å². The highest BCUT2D eigenvalue weighted by Gasteiger charge is 2.25. The van der Waals surface area contributed by atoms with Crippen LogP contribution >= 0.6 is 11.8 Å². The van der Waals surface area contributed by atoms with Crippen LogP contribution in [0.1, 0.15) is 31.9 Å². The van der Waals surface area contributed by atoms with E-state index in [4.69, 9.17) is 0 Å². The van der Waals surface area contributed by atoms with Crippen molar-refractivity contribution in [3.05, 3.63) is 35.4 Å². The van der Waals surface area contributed by atoms with Gasteiger partial charge in [0.1, 0.15) is 0 Å². The van der Waals surface area contributed by atoms with Gasteiger partial charge in [-0.25, -0.2) is 0 Å². The van der Waals surface area contributed by atoms with Gasteiger partial charge in [0.25, 0.3) is 0 Å². The number of carbonyl (C=O) groups excluding carboxylic acids is 1. The monoisotopic (exact) mass is 295 g/mol. The third-order valence-corrected chi connectivity index (χ3v) is 4.51. The van der Waals surface area contributed by atoms with Crippen molar-refractivity contribution >= 4 is 17.7 Å². The van der Waals surface area contributed by atoms with E-state index in [0.29, 0.717) is 12.3 Å². The number of hydrogen-bond acceptors (Lipinski definition) is 3. The number of aliphatic hydroxyl groups is 1. The zero-order chi connectivity index (χ0) is 15.2. The summed E-state index contributed by atoms with van der Waals surface area (Å²) < 4.78 is 0. The minimum atomic E-state index is -0.850. The largest absolute Gasteiger partial charge is 0.388 e. The molecular weight excluding hydrogens is 270 g/mol. The standard InChI is InChI=1S/C16H25NO2S/c1-12(2)16(4,19)11-17-15(18)10-20-9-14-7-5-13(3)6-8-14/h5-8,12,19H,9-11H2,1-4H3,(H,17,18). The second kappa shape index (κ2) is 7.70. The lowest BCUT2D eigenvalue weighted by atomic mass is 9.93. The molecule has 4 heteroatoms. The van der Waals surface area contributed by atoms with Crippen LogP contribution in [0.5, 0.6) is 0 Å². The lowest BCUT2D eigenvalue weighted by molar-refractivity contribution is -0.120. The maximum Gasteiger partial charge on any atom is 0.230 e. The second-order valence-corrected chi connectivity index (χ2v) is 6.75. The van der Waals surface area contributed by atoms with Crippen LogP contribution in [0.3, 0.4) is 0 Å². The van der Waals surface area contributed by atoms with Crippen molar-refractivity contribution in [2.24, 2.45) is 5.92 Å². The Morgan fingerprint density at radius 1 is 1.35 bits per heavy atom. The number of benzene rings is 1. The molecule has 3 nitrogen and oxygen atoms in total. The summed E-state index contributed by atoms with van der Waals surface area (Å²) in [6.07, 6.45) is 0. The Morgan fingerprint density at radius 2 is 1.95 bits per heavy atom. The molecule has 0 bridgehead atoms. The highest BCUT2D eigenvalue weighted by molar-refractivity contribution is 7.99. The highest BCUT2D eigenvalue weighted by Crippen LogP contribution is 2.15. The van der Waals surface area contributed by atoms with Crippen LogP contribution in [0.2, 0.25) is 0 Å². The first-order valence-electron chi connectivity index (χ1n) is 6.93. The molecule has 0 aromatic heterocycles. The Labute approximate surface area is 126 Å². The van der Waals surface area contributed by atoms with E-state index in [2.05, 4.69) is 36.5 Å². The summed E-state index contributed by atoms with van der Waals surface area (Å²) in [5.41, 5.74) is 1.62. The van der Waals surface area contributed by atoms with Gasteiger partial charge in [-0.05, 0) is 25.3 Å². The van der Waals surface area contributed by atoms with Crippen LogP contribution in [0.15, 0.2) is 24.3 Å². The molecule has 0 spiro atoms. The van der Waals surface area contributed by atoms with Gasteiger partial charge in [-0.1, -0.05) is 43.7 Å². The average Bonchev–Trinajstić information content (AvgIpc) is 2.39. The molecule has 1 aromatic carbocycles. The van der Waals surface area contributed by atoms with Gasteiger partial charge in [-0.3, -0.25) is 4.79 Å². The number of hydrogen-bond donors (Lipinski definition) is 2.